The van der Waals surface area contributed by atoms with Crippen LogP contribution in [0, 0.1) is 0 Å². The topological polar surface area (TPSA) is 6.48 Å². The Morgan fingerprint density at radius 1 is 0.302 bits per heavy atom. The van der Waals surface area contributed by atoms with Gasteiger partial charge in [0.25, 0.3) is 6.71 Å². The molecule has 0 bridgehead atoms. The van der Waals surface area contributed by atoms with Gasteiger partial charge in [0.1, 0.15) is 0 Å². The number of rotatable bonds is 5. The minimum absolute atomic E-state index is 0.0147. The van der Waals surface area contributed by atoms with Gasteiger partial charge in [-0.1, -0.05) is 192 Å². The molecule has 0 radical (unpaired) electrons. The number of hydrogen-bond acceptors (Lipinski definition) is 2. The molecule has 63 heavy (non-hydrogen) atoms. The first kappa shape index (κ1) is 42.5. The molecule has 0 amide bonds. The number of anilines is 6. The van der Waals surface area contributed by atoms with Crippen molar-refractivity contribution in [1.29, 1.82) is 0 Å². The molecule has 7 aromatic carbocycles. The second kappa shape index (κ2) is 14.9. The summed E-state index contributed by atoms with van der Waals surface area (Å²) in [5.74, 6) is 0. The van der Waals surface area contributed by atoms with E-state index in [1.807, 2.05) is 0 Å². The van der Waals surface area contributed by atoms with Gasteiger partial charge in [-0.3, -0.25) is 0 Å². The quantitative estimate of drug-likeness (QED) is 0.126. The van der Waals surface area contributed by atoms with Crippen LogP contribution in [-0.4, -0.2) is 6.71 Å². The Bertz CT molecular complexity index is 2660. The Morgan fingerprint density at radius 3 is 1.00 bits per heavy atom. The molecule has 0 unspecified atom stereocenters. The van der Waals surface area contributed by atoms with Crippen molar-refractivity contribution in [2.45, 2.75) is 117 Å². The lowest BCUT2D eigenvalue weighted by molar-refractivity contribution is 0.589. The van der Waals surface area contributed by atoms with E-state index in [4.69, 9.17) is 0 Å². The second-order valence-electron chi connectivity index (χ2n) is 22.5. The third-order valence-electron chi connectivity index (χ3n) is 14.0. The van der Waals surface area contributed by atoms with Gasteiger partial charge in [-0.15, -0.1) is 0 Å². The van der Waals surface area contributed by atoms with E-state index in [1.54, 1.807) is 0 Å². The predicted octanol–water partition coefficient (Wildman–Crippen LogP) is 14.3. The average Bonchev–Trinajstić information content (AvgIpc) is 3.25. The number of benzene rings is 7. The van der Waals surface area contributed by atoms with Gasteiger partial charge in [-0.25, -0.2) is 0 Å². The smallest absolute Gasteiger partial charge is 0.252 e. The van der Waals surface area contributed by atoms with Gasteiger partial charge in [0, 0.05) is 39.5 Å². The summed E-state index contributed by atoms with van der Waals surface area (Å²) in [4.78, 5) is 5.24. The molecule has 0 N–H and O–H groups in total. The van der Waals surface area contributed by atoms with Gasteiger partial charge in [0.2, 0.25) is 0 Å². The molecule has 2 aliphatic heterocycles. The summed E-state index contributed by atoms with van der Waals surface area (Å²) in [6.45, 7) is 30.4. The van der Waals surface area contributed by atoms with Gasteiger partial charge in [-0.2, -0.15) is 0 Å². The van der Waals surface area contributed by atoms with Gasteiger partial charge >= 0.3 is 0 Å². The van der Waals surface area contributed by atoms with Crippen LogP contribution < -0.4 is 26.2 Å². The van der Waals surface area contributed by atoms with Crippen LogP contribution in [0.3, 0.4) is 0 Å². The minimum Gasteiger partial charge on any atom is -0.311 e. The first-order valence-electron chi connectivity index (χ1n) is 23.1. The monoisotopic (exact) mass is 825 g/mol. The van der Waals surface area contributed by atoms with Crippen LogP contribution in [-0.2, 0) is 27.1 Å². The van der Waals surface area contributed by atoms with Crippen LogP contribution in [0.1, 0.15) is 129 Å². The fourth-order valence-electron chi connectivity index (χ4n) is 10.0. The summed E-state index contributed by atoms with van der Waals surface area (Å²) in [5, 5.41) is 0. The lowest BCUT2D eigenvalue weighted by atomic mass is 9.33. The third-order valence-corrected chi connectivity index (χ3v) is 14.0. The molecule has 0 saturated heterocycles. The SMILES string of the molecule is CC(C)(C)c1cccc(N2c3cc(C(C)(C)C)ccc3B3c4ccc(C(C)(C)C)cc4N(c4cccc(C(C)(C)C)c4)c4cc(C(C)(c5ccccc5)c5ccccc5)cc2c43)c1. The van der Waals surface area contributed by atoms with Crippen molar-refractivity contribution in [3.63, 3.8) is 0 Å². The second-order valence-corrected chi connectivity index (χ2v) is 22.5. The van der Waals surface area contributed by atoms with Crippen LogP contribution in [0.25, 0.3) is 0 Å². The van der Waals surface area contributed by atoms with Gasteiger partial charge in [0.05, 0.1) is 0 Å². The van der Waals surface area contributed by atoms with Crippen LogP contribution in [0.5, 0.6) is 0 Å². The highest BCUT2D eigenvalue weighted by Crippen LogP contribution is 2.50. The molecule has 318 valence electrons. The average molecular weight is 825 g/mol. The molecule has 0 aliphatic carbocycles. The Morgan fingerprint density at radius 2 is 0.635 bits per heavy atom. The van der Waals surface area contributed by atoms with E-state index in [2.05, 4.69) is 258 Å². The standard InChI is InChI=1S/C60H65BN2/c1-56(2,3)42-26-20-28-47(34-42)62-51-36-44(58(7,8)9)30-32-49(51)61-50-33-31-45(59(10,11)12)37-52(50)63(48-29-21-27-43(35-48)57(4,5)6)54-39-46(38-53(62)55(54)61)60(13,40-22-16-14-17-23-40)41-24-18-15-19-25-41/h14-39H,1-13H3. The summed E-state index contributed by atoms with van der Waals surface area (Å²) in [5.41, 5.74) is 19.8. The Hall–Kier alpha value is -5.80. The van der Waals surface area contributed by atoms with E-state index in [1.165, 1.54) is 89.5 Å². The highest BCUT2D eigenvalue weighted by atomic mass is 15.2. The molecule has 2 nitrogen and oxygen atoms in total. The fraction of sp³-hybridized carbons (Fsp3) is 0.300. The van der Waals surface area contributed by atoms with Crippen molar-refractivity contribution in [3.8, 4) is 0 Å². The zero-order chi connectivity index (χ0) is 44.9. The van der Waals surface area contributed by atoms with E-state index in [0.29, 0.717) is 0 Å². The molecule has 0 atom stereocenters. The molecular weight excluding hydrogens is 759 g/mol. The van der Waals surface area contributed by atoms with Gasteiger partial charge < -0.3 is 9.80 Å². The Labute approximate surface area is 379 Å². The number of nitrogens with zero attached hydrogens (tertiary/aromatic N) is 2. The molecule has 0 spiro atoms. The zero-order valence-electron chi connectivity index (χ0n) is 40.0. The van der Waals surface area contributed by atoms with Crippen LogP contribution in [0.15, 0.2) is 158 Å². The van der Waals surface area contributed by atoms with Crippen LogP contribution in [0.2, 0.25) is 0 Å². The lowest BCUT2D eigenvalue weighted by Gasteiger charge is -2.46. The summed E-state index contributed by atoms with van der Waals surface area (Å²) in [6, 6.07) is 60.8. The maximum Gasteiger partial charge on any atom is 0.252 e. The van der Waals surface area contributed by atoms with Crippen LogP contribution in [0.4, 0.5) is 34.1 Å². The highest BCUT2D eigenvalue weighted by molar-refractivity contribution is 7.00. The zero-order valence-corrected chi connectivity index (χ0v) is 40.0. The van der Waals surface area contributed by atoms with Crippen molar-refractivity contribution in [2.75, 3.05) is 9.80 Å². The number of hydrogen-bond donors (Lipinski definition) is 0. The molecule has 9 rings (SSSR count). The van der Waals surface area contributed by atoms with E-state index >= 15 is 0 Å². The van der Waals surface area contributed by atoms with E-state index in [9.17, 15) is 0 Å². The normalized spacial score (nSPS) is 14.0. The lowest BCUT2D eigenvalue weighted by Crippen LogP contribution is -2.61. The van der Waals surface area contributed by atoms with Gasteiger partial charge in [0.15, 0.2) is 0 Å². The molecular formula is C60H65BN2. The Balaban J connectivity index is 1.48. The minimum atomic E-state index is -0.484. The predicted molar refractivity (Wildman–Crippen MR) is 274 cm³/mol. The first-order chi connectivity index (χ1) is 29.7. The summed E-state index contributed by atoms with van der Waals surface area (Å²) < 4.78 is 0. The van der Waals surface area contributed by atoms with E-state index in [0.717, 1.165) is 0 Å². The molecule has 3 heteroatoms. The van der Waals surface area contributed by atoms with Gasteiger partial charge in [-0.05, 0) is 132 Å². The highest BCUT2D eigenvalue weighted by Gasteiger charge is 2.46. The maximum absolute atomic E-state index is 2.62. The van der Waals surface area contributed by atoms with E-state index < -0.39 is 5.41 Å². The van der Waals surface area contributed by atoms with Crippen molar-refractivity contribution >= 4 is 57.2 Å². The summed E-state index contributed by atoms with van der Waals surface area (Å²) in [7, 11) is 0. The van der Waals surface area contributed by atoms with Crippen molar-refractivity contribution in [3.05, 3.63) is 197 Å². The molecule has 0 saturated carbocycles. The summed E-state index contributed by atoms with van der Waals surface area (Å²) >= 11 is 0. The molecule has 0 aromatic heterocycles. The third kappa shape index (κ3) is 7.32. The Kier molecular flexibility index (Phi) is 10.1. The van der Waals surface area contributed by atoms with Crippen molar-refractivity contribution in [1.82, 2.24) is 0 Å². The van der Waals surface area contributed by atoms with Crippen molar-refractivity contribution < 1.29 is 0 Å². The summed E-state index contributed by atoms with van der Waals surface area (Å²) in [6.07, 6.45) is 0. The molecule has 0 fully saturated rings. The molecule has 7 aromatic rings. The maximum atomic E-state index is 2.62. The van der Waals surface area contributed by atoms with E-state index in [-0.39, 0.29) is 28.4 Å². The molecule has 2 heterocycles. The number of fused-ring (bicyclic) bond motifs is 4. The van der Waals surface area contributed by atoms with Crippen LogP contribution >= 0.6 is 0 Å². The first-order valence-corrected chi connectivity index (χ1v) is 23.1. The fourth-order valence-corrected chi connectivity index (χ4v) is 10.0. The largest absolute Gasteiger partial charge is 0.311 e. The molecule has 2 aliphatic rings. The van der Waals surface area contributed by atoms with Crippen molar-refractivity contribution in [2.24, 2.45) is 0 Å².